The van der Waals surface area contributed by atoms with E-state index in [4.69, 9.17) is 24.3 Å². The molecule has 2 spiro atoms. The van der Waals surface area contributed by atoms with Crippen molar-refractivity contribution < 1.29 is 57.5 Å². The standard InChI is InChI=1S/C29H46N2O6.HI/c1-27(2,3)24-12-16-28(17-13-24)34-36-29(37-35-28)18-14-25(15-19-29)33-26(32)30-20-9-21-31(4,5)22-23-10-7-6-8-11-23;/h6-8,10-11,24-25H,9,12-22H2,1-5H3;1H. The number of carbonyl (C=O) groups excluding carboxylic acids is 1. The molecule has 1 heterocycles. The lowest BCUT2D eigenvalue weighted by atomic mass is 9.71. The van der Waals surface area contributed by atoms with Crippen molar-refractivity contribution in [2.75, 3.05) is 27.2 Å². The van der Waals surface area contributed by atoms with Crippen LogP contribution < -0.4 is 29.3 Å². The van der Waals surface area contributed by atoms with E-state index in [2.05, 4.69) is 64.4 Å². The summed E-state index contributed by atoms with van der Waals surface area (Å²) in [6.07, 6.45) is 6.32. The van der Waals surface area contributed by atoms with Crippen LogP contribution in [0.25, 0.3) is 0 Å². The number of carbonyl (C=O) groups is 1. The van der Waals surface area contributed by atoms with Gasteiger partial charge in [-0.1, -0.05) is 51.1 Å². The molecule has 8 nitrogen and oxygen atoms in total. The van der Waals surface area contributed by atoms with Crippen molar-refractivity contribution in [3.63, 3.8) is 0 Å². The van der Waals surface area contributed by atoms with E-state index in [9.17, 15) is 4.79 Å². The summed E-state index contributed by atoms with van der Waals surface area (Å²) in [6, 6.07) is 10.5. The molecule has 2 saturated carbocycles. The minimum absolute atomic E-state index is 0. The Morgan fingerprint density at radius 1 is 0.947 bits per heavy atom. The topological polar surface area (TPSA) is 75.3 Å². The Morgan fingerprint density at radius 3 is 2.00 bits per heavy atom. The van der Waals surface area contributed by atoms with Gasteiger partial charge < -0.3 is 38.5 Å². The average Bonchev–Trinajstić information content (AvgIpc) is 2.86. The van der Waals surface area contributed by atoms with Crippen LogP contribution in [-0.4, -0.2) is 55.4 Å². The Morgan fingerprint density at radius 2 is 1.47 bits per heavy atom. The van der Waals surface area contributed by atoms with E-state index >= 15 is 0 Å². The number of alkyl carbamates (subject to hydrolysis) is 1. The zero-order valence-electron chi connectivity index (χ0n) is 23.8. The first-order valence-electron chi connectivity index (χ1n) is 14.0. The second kappa shape index (κ2) is 13.1. The molecule has 0 radical (unpaired) electrons. The number of benzene rings is 1. The van der Waals surface area contributed by atoms with Crippen LogP contribution >= 0.6 is 0 Å². The number of rotatable bonds is 7. The molecule has 0 unspecified atom stereocenters. The maximum atomic E-state index is 12.3. The van der Waals surface area contributed by atoms with Crippen molar-refractivity contribution >= 4 is 6.09 Å². The molecule has 3 fully saturated rings. The van der Waals surface area contributed by atoms with Crippen LogP contribution in [0.15, 0.2) is 30.3 Å². The van der Waals surface area contributed by atoms with Gasteiger partial charge in [0.1, 0.15) is 12.6 Å². The molecular formula is C29H47IN2O6. The van der Waals surface area contributed by atoms with Crippen LogP contribution in [0.5, 0.6) is 0 Å². The first kappa shape index (κ1) is 31.5. The Hall–Kier alpha value is -0.980. The number of halogens is 1. The third kappa shape index (κ3) is 8.76. The number of quaternary nitrogens is 1. The molecule has 1 aromatic carbocycles. The van der Waals surface area contributed by atoms with Gasteiger partial charge >= 0.3 is 6.09 Å². The van der Waals surface area contributed by atoms with Gasteiger partial charge in [-0.15, -0.1) is 0 Å². The number of amides is 1. The molecule has 0 atom stereocenters. The van der Waals surface area contributed by atoms with Gasteiger partial charge in [-0.05, 0) is 37.0 Å². The third-order valence-electron chi connectivity index (χ3n) is 8.29. The molecule has 2 aliphatic carbocycles. The number of nitrogens with one attached hydrogen (secondary N) is 1. The molecule has 4 rings (SSSR count). The normalized spacial score (nSPS) is 30.0. The van der Waals surface area contributed by atoms with E-state index in [1.54, 1.807) is 0 Å². The monoisotopic (exact) mass is 646 g/mol. The first-order valence-corrected chi connectivity index (χ1v) is 14.0. The highest BCUT2D eigenvalue weighted by atomic mass is 127. The molecule has 1 amide bonds. The largest absolute Gasteiger partial charge is 1.00 e. The molecule has 216 valence electrons. The summed E-state index contributed by atoms with van der Waals surface area (Å²) in [5.41, 5.74) is 1.60. The third-order valence-corrected chi connectivity index (χ3v) is 8.29. The summed E-state index contributed by atoms with van der Waals surface area (Å²) < 4.78 is 6.53. The van der Waals surface area contributed by atoms with E-state index in [-0.39, 0.29) is 41.6 Å². The lowest BCUT2D eigenvalue weighted by Crippen LogP contribution is -3.00. The van der Waals surface area contributed by atoms with Gasteiger partial charge in [-0.2, -0.15) is 19.6 Å². The summed E-state index contributed by atoms with van der Waals surface area (Å²) in [5.74, 6) is -1.07. The summed E-state index contributed by atoms with van der Waals surface area (Å²) in [6.45, 7) is 9.38. The fraction of sp³-hybridized carbons (Fsp3) is 0.759. The molecular weight excluding hydrogens is 599 g/mol. The van der Waals surface area contributed by atoms with Crippen molar-refractivity contribution in [1.29, 1.82) is 0 Å². The number of hydrogen-bond acceptors (Lipinski definition) is 6. The maximum absolute atomic E-state index is 12.3. The minimum atomic E-state index is -0.912. The lowest BCUT2D eigenvalue weighted by molar-refractivity contribution is -0.903. The van der Waals surface area contributed by atoms with Crippen LogP contribution in [0.1, 0.15) is 84.1 Å². The van der Waals surface area contributed by atoms with Crippen molar-refractivity contribution in [1.82, 2.24) is 5.32 Å². The average molecular weight is 647 g/mol. The Labute approximate surface area is 245 Å². The van der Waals surface area contributed by atoms with Crippen molar-refractivity contribution in [2.45, 2.75) is 103 Å². The Balaban J connectivity index is 0.00000400. The predicted octanol–water partition coefficient (Wildman–Crippen LogP) is 2.86. The quantitative estimate of drug-likeness (QED) is 0.213. The zero-order valence-corrected chi connectivity index (χ0v) is 26.0. The molecule has 38 heavy (non-hydrogen) atoms. The van der Waals surface area contributed by atoms with E-state index in [1.165, 1.54) is 5.56 Å². The number of ether oxygens (including phenoxy) is 1. The highest BCUT2D eigenvalue weighted by Gasteiger charge is 2.52. The van der Waals surface area contributed by atoms with Crippen LogP contribution in [0.3, 0.4) is 0 Å². The van der Waals surface area contributed by atoms with Gasteiger partial charge in [0.2, 0.25) is 11.6 Å². The molecule has 1 N–H and O–H groups in total. The molecule has 0 aromatic heterocycles. The van der Waals surface area contributed by atoms with Crippen LogP contribution in [-0.2, 0) is 30.8 Å². The molecule has 9 heteroatoms. The second-order valence-corrected chi connectivity index (χ2v) is 13.0. The fourth-order valence-electron chi connectivity index (χ4n) is 5.78. The first-order chi connectivity index (χ1) is 17.5. The summed E-state index contributed by atoms with van der Waals surface area (Å²) >= 11 is 0. The van der Waals surface area contributed by atoms with E-state index < -0.39 is 11.6 Å². The maximum Gasteiger partial charge on any atom is 0.407 e. The van der Waals surface area contributed by atoms with Crippen molar-refractivity contribution in [2.24, 2.45) is 11.3 Å². The van der Waals surface area contributed by atoms with Crippen LogP contribution in [0.4, 0.5) is 4.79 Å². The second-order valence-electron chi connectivity index (χ2n) is 13.0. The molecule has 1 saturated heterocycles. The number of nitrogens with zero attached hydrogens (tertiary/aromatic N) is 1. The van der Waals surface area contributed by atoms with E-state index in [1.807, 2.05) is 6.07 Å². The van der Waals surface area contributed by atoms with Gasteiger partial charge in [-0.25, -0.2) is 4.79 Å². The van der Waals surface area contributed by atoms with Crippen molar-refractivity contribution in [3.05, 3.63) is 35.9 Å². The predicted molar refractivity (Wildman–Crippen MR) is 140 cm³/mol. The molecule has 0 bridgehead atoms. The SMILES string of the molecule is CC(C)(C)C1CCC2(CC1)OOC1(CCC(OC(=O)NCCC[N+](C)(C)Cc3ccccc3)CC1)OO2.[I-]. The van der Waals surface area contributed by atoms with Crippen LogP contribution in [0, 0.1) is 11.3 Å². The lowest BCUT2D eigenvalue weighted by Gasteiger charge is -2.48. The number of hydrogen-bond donors (Lipinski definition) is 1. The molecule has 3 aliphatic rings. The Kier molecular flexibility index (Phi) is 10.9. The minimum Gasteiger partial charge on any atom is -1.00 e. The van der Waals surface area contributed by atoms with E-state index in [0.717, 1.165) is 49.7 Å². The van der Waals surface area contributed by atoms with E-state index in [0.29, 0.717) is 38.1 Å². The van der Waals surface area contributed by atoms with Gasteiger partial charge in [0.25, 0.3) is 0 Å². The highest BCUT2D eigenvalue weighted by Crippen LogP contribution is 2.48. The van der Waals surface area contributed by atoms with Gasteiger partial charge in [0.05, 0.1) is 20.6 Å². The van der Waals surface area contributed by atoms with Gasteiger partial charge in [0, 0.05) is 44.2 Å². The zero-order chi connectivity index (χ0) is 26.6. The Bertz CT molecular complexity index is 863. The van der Waals surface area contributed by atoms with Crippen molar-refractivity contribution in [3.8, 4) is 0 Å². The molecule has 1 aliphatic heterocycles. The molecule has 1 aromatic rings. The van der Waals surface area contributed by atoms with Gasteiger partial charge in [0.15, 0.2) is 0 Å². The van der Waals surface area contributed by atoms with Gasteiger partial charge in [-0.3, -0.25) is 0 Å². The fourth-order valence-corrected chi connectivity index (χ4v) is 5.78. The highest BCUT2D eigenvalue weighted by molar-refractivity contribution is 5.67. The summed E-state index contributed by atoms with van der Waals surface area (Å²) in [4.78, 5) is 35.7. The summed E-state index contributed by atoms with van der Waals surface area (Å²) in [5, 5.41) is 2.91. The summed E-state index contributed by atoms with van der Waals surface area (Å²) in [7, 11) is 4.43. The van der Waals surface area contributed by atoms with Crippen LogP contribution in [0.2, 0.25) is 0 Å². The smallest absolute Gasteiger partial charge is 0.407 e.